The van der Waals surface area contributed by atoms with Gasteiger partial charge in [0.2, 0.25) is 0 Å². The van der Waals surface area contributed by atoms with Crippen molar-refractivity contribution in [2.24, 2.45) is 5.92 Å². The predicted octanol–water partition coefficient (Wildman–Crippen LogP) is 1.83. The zero-order valence-electron chi connectivity index (χ0n) is 10.8. The van der Waals surface area contributed by atoms with E-state index in [1.54, 1.807) is 6.92 Å². The van der Waals surface area contributed by atoms with Crippen LogP contribution in [0.3, 0.4) is 0 Å². The summed E-state index contributed by atoms with van der Waals surface area (Å²) in [6, 6.07) is 0. The van der Waals surface area contributed by atoms with Gasteiger partial charge in [-0.1, -0.05) is 6.58 Å². The highest BCUT2D eigenvalue weighted by molar-refractivity contribution is 5.87. The second kappa shape index (κ2) is 4.67. The summed E-state index contributed by atoms with van der Waals surface area (Å²) >= 11 is 0. The van der Waals surface area contributed by atoms with E-state index in [9.17, 15) is 4.79 Å². The molecule has 5 unspecified atom stereocenters. The van der Waals surface area contributed by atoms with Gasteiger partial charge in [0, 0.05) is 5.57 Å². The molecule has 0 bridgehead atoms. The molecule has 5 atom stereocenters. The number of rotatable bonds is 5. The number of hydrogen-bond donors (Lipinski definition) is 0. The van der Waals surface area contributed by atoms with E-state index in [1.165, 1.54) is 6.42 Å². The third-order valence-corrected chi connectivity index (χ3v) is 4.06. The molecule has 2 heterocycles. The molecule has 2 aliphatic heterocycles. The van der Waals surface area contributed by atoms with Crippen LogP contribution in [0.5, 0.6) is 0 Å². The maximum Gasteiger partial charge on any atom is 0.333 e. The van der Waals surface area contributed by atoms with Gasteiger partial charge in [0.25, 0.3) is 0 Å². The van der Waals surface area contributed by atoms with Crippen LogP contribution in [0.15, 0.2) is 12.2 Å². The first-order valence-electron chi connectivity index (χ1n) is 6.77. The third kappa shape index (κ3) is 2.75. The minimum Gasteiger partial charge on any atom is -0.456 e. The van der Waals surface area contributed by atoms with Crippen LogP contribution >= 0.6 is 0 Å². The minimum atomic E-state index is -0.299. The zero-order valence-corrected chi connectivity index (χ0v) is 10.8. The molecular formula is C14H20O4. The smallest absolute Gasteiger partial charge is 0.333 e. The molecule has 4 nitrogen and oxygen atoms in total. The molecule has 18 heavy (non-hydrogen) atoms. The average Bonchev–Trinajstić information content (AvgIpc) is 3.20. The van der Waals surface area contributed by atoms with E-state index in [0.29, 0.717) is 30.3 Å². The molecule has 100 valence electrons. The minimum absolute atomic E-state index is 0.102. The summed E-state index contributed by atoms with van der Waals surface area (Å²) in [7, 11) is 0. The number of ether oxygens (including phenoxy) is 3. The van der Waals surface area contributed by atoms with E-state index in [-0.39, 0.29) is 18.2 Å². The molecule has 1 saturated carbocycles. The quantitative estimate of drug-likeness (QED) is 0.425. The van der Waals surface area contributed by atoms with Crippen molar-refractivity contribution in [2.45, 2.75) is 57.0 Å². The lowest BCUT2D eigenvalue weighted by Gasteiger charge is -2.24. The van der Waals surface area contributed by atoms with Crippen molar-refractivity contribution < 1.29 is 19.0 Å². The highest BCUT2D eigenvalue weighted by atomic mass is 16.6. The van der Waals surface area contributed by atoms with Crippen LogP contribution in [0.1, 0.15) is 32.6 Å². The van der Waals surface area contributed by atoms with Crippen LogP contribution < -0.4 is 0 Å². The molecule has 2 saturated heterocycles. The van der Waals surface area contributed by atoms with Crippen LogP contribution in [-0.4, -0.2) is 37.0 Å². The lowest BCUT2D eigenvalue weighted by molar-refractivity contribution is -0.146. The number of hydrogen-bond acceptors (Lipinski definition) is 4. The molecule has 0 radical (unpaired) electrons. The number of carbonyl (C=O) groups is 1. The monoisotopic (exact) mass is 252 g/mol. The first kappa shape index (κ1) is 12.2. The normalized spacial score (nSPS) is 38.5. The van der Waals surface area contributed by atoms with Gasteiger partial charge in [0.15, 0.2) is 0 Å². The lowest BCUT2D eigenvalue weighted by Crippen LogP contribution is -2.28. The van der Waals surface area contributed by atoms with E-state index in [4.69, 9.17) is 14.2 Å². The number of epoxide rings is 2. The van der Waals surface area contributed by atoms with Gasteiger partial charge in [-0.2, -0.15) is 0 Å². The summed E-state index contributed by atoms with van der Waals surface area (Å²) in [6.07, 6.45) is 5.34. The van der Waals surface area contributed by atoms with Crippen LogP contribution in [-0.2, 0) is 19.0 Å². The molecule has 0 amide bonds. The van der Waals surface area contributed by atoms with Crippen molar-refractivity contribution in [1.82, 2.24) is 0 Å². The Balaban J connectivity index is 1.53. The van der Waals surface area contributed by atoms with Crippen molar-refractivity contribution in [3.05, 3.63) is 12.2 Å². The molecular weight excluding hydrogens is 232 g/mol. The molecule has 0 aromatic rings. The zero-order chi connectivity index (χ0) is 12.7. The van der Waals surface area contributed by atoms with E-state index >= 15 is 0 Å². The molecule has 1 aliphatic carbocycles. The summed E-state index contributed by atoms with van der Waals surface area (Å²) in [4.78, 5) is 11.6. The first-order chi connectivity index (χ1) is 8.63. The second-order valence-electron chi connectivity index (χ2n) is 5.72. The van der Waals surface area contributed by atoms with Crippen molar-refractivity contribution in [2.75, 3.05) is 6.61 Å². The SMILES string of the molecule is C=C(C)C(=O)OC(CC1CCC2OC2C1)C1CO1. The van der Waals surface area contributed by atoms with Crippen molar-refractivity contribution in [3.8, 4) is 0 Å². The summed E-state index contributed by atoms with van der Waals surface area (Å²) in [5.74, 6) is 0.299. The van der Waals surface area contributed by atoms with Gasteiger partial charge in [0.1, 0.15) is 12.2 Å². The fraction of sp³-hybridized carbons (Fsp3) is 0.786. The van der Waals surface area contributed by atoms with E-state index in [0.717, 1.165) is 19.3 Å². The topological polar surface area (TPSA) is 51.4 Å². The third-order valence-electron chi connectivity index (χ3n) is 4.06. The van der Waals surface area contributed by atoms with Crippen LogP contribution in [0.4, 0.5) is 0 Å². The van der Waals surface area contributed by atoms with Gasteiger partial charge in [-0.3, -0.25) is 0 Å². The molecule has 0 aromatic carbocycles. The Morgan fingerprint density at radius 3 is 2.83 bits per heavy atom. The molecule has 3 fully saturated rings. The molecule has 4 heteroatoms. The van der Waals surface area contributed by atoms with Crippen LogP contribution in [0, 0.1) is 5.92 Å². The molecule has 3 rings (SSSR count). The van der Waals surface area contributed by atoms with Gasteiger partial charge < -0.3 is 14.2 Å². The Labute approximate surface area is 107 Å². The standard InChI is InChI=1S/C14H20O4/c1-8(2)14(15)18-12(13-7-16-13)6-9-3-4-10-11(5-9)17-10/h9-13H,1,3-7H2,2H3. The van der Waals surface area contributed by atoms with Crippen molar-refractivity contribution in [3.63, 3.8) is 0 Å². The van der Waals surface area contributed by atoms with Crippen molar-refractivity contribution >= 4 is 5.97 Å². The maximum atomic E-state index is 11.6. The molecule has 0 N–H and O–H groups in total. The Morgan fingerprint density at radius 2 is 2.22 bits per heavy atom. The highest BCUT2D eigenvalue weighted by Gasteiger charge is 2.46. The number of esters is 1. The predicted molar refractivity (Wildman–Crippen MR) is 65.1 cm³/mol. The van der Waals surface area contributed by atoms with Crippen LogP contribution in [0.2, 0.25) is 0 Å². The molecule has 3 aliphatic rings. The van der Waals surface area contributed by atoms with E-state index in [2.05, 4.69) is 6.58 Å². The van der Waals surface area contributed by atoms with Gasteiger partial charge in [-0.25, -0.2) is 4.79 Å². The number of fused-ring (bicyclic) bond motifs is 1. The van der Waals surface area contributed by atoms with Gasteiger partial charge in [-0.15, -0.1) is 0 Å². The fourth-order valence-corrected chi connectivity index (χ4v) is 2.81. The average molecular weight is 252 g/mol. The largest absolute Gasteiger partial charge is 0.456 e. The Kier molecular flexibility index (Phi) is 3.16. The Hall–Kier alpha value is -0.870. The summed E-state index contributed by atoms with van der Waals surface area (Å²) < 4.78 is 16.3. The fourth-order valence-electron chi connectivity index (χ4n) is 2.81. The summed E-state index contributed by atoms with van der Waals surface area (Å²) in [6.45, 7) is 6.01. The van der Waals surface area contributed by atoms with Gasteiger partial charge in [-0.05, 0) is 38.5 Å². The van der Waals surface area contributed by atoms with Gasteiger partial charge in [0.05, 0.1) is 18.8 Å². The molecule has 0 spiro atoms. The highest BCUT2D eigenvalue weighted by Crippen LogP contribution is 2.42. The van der Waals surface area contributed by atoms with Gasteiger partial charge >= 0.3 is 5.97 Å². The summed E-state index contributed by atoms with van der Waals surface area (Å²) in [5, 5.41) is 0. The molecule has 0 aromatic heterocycles. The Bertz CT molecular complexity index is 361. The van der Waals surface area contributed by atoms with E-state index in [1.807, 2.05) is 0 Å². The van der Waals surface area contributed by atoms with Crippen molar-refractivity contribution in [1.29, 1.82) is 0 Å². The maximum absolute atomic E-state index is 11.6. The lowest BCUT2D eigenvalue weighted by atomic mass is 9.85. The second-order valence-corrected chi connectivity index (χ2v) is 5.72. The van der Waals surface area contributed by atoms with E-state index < -0.39 is 0 Å². The van der Waals surface area contributed by atoms with Crippen LogP contribution in [0.25, 0.3) is 0 Å². The summed E-state index contributed by atoms with van der Waals surface area (Å²) in [5.41, 5.74) is 0.454. The Morgan fingerprint density at radius 1 is 1.44 bits per heavy atom. The first-order valence-corrected chi connectivity index (χ1v) is 6.77. The number of carbonyl (C=O) groups excluding carboxylic acids is 1.